The highest BCUT2D eigenvalue weighted by Gasteiger charge is 2.12. The van der Waals surface area contributed by atoms with Crippen LogP contribution >= 0.6 is 0 Å². The van der Waals surface area contributed by atoms with Crippen LogP contribution in [-0.2, 0) is 9.53 Å². The minimum atomic E-state index is -3.00. The van der Waals surface area contributed by atoms with E-state index in [1.54, 1.807) is 0 Å². The van der Waals surface area contributed by atoms with E-state index in [-0.39, 0.29) is 22.7 Å². The van der Waals surface area contributed by atoms with E-state index >= 15 is 0 Å². The highest BCUT2D eigenvalue weighted by Crippen LogP contribution is 2.29. The molecule has 1 N–H and O–H groups in total. The van der Waals surface area contributed by atoms with Crippen LogP contribution in [0.15, 0.2) is 42.5 Å². The fourth-order valence-electron chi connectivity index (χ4n) is 2.19. The zero-order valence-electron chi connectivity index (χ0n) is 14.9. The Morgan fingerprint density at radius 2 is 1.82 bits per heavy atom. The van der Waals surface area contributed by atoms with Crippen LogP contribution in [0.25, 0.3) is 6.08 Å². The van der Waals surface area contributed by atoms with Gasteiger partial charge in [0.15, 0.2) is 11.5 Å². The van der Waals surface area contributed by atoms with Gasteiger partial charge in [-0.1, -0.05) is 6.07 Å². The van der Waals surface area contributed by atoms with E-state index in [0.29, 0.717) is 5.56 Å². The quantitative estimate of drug-likeness (QED) is 0.569. The summed E-state index contributed by atoms with van der Waals surface area (Å²) in [6.07, 6.45) is 2.47. The van der Waals surface area contributed by atoms with Gasteiger partial charge in [-0.15, -0.1) is 0 Å². The zero-order chi connectivity index (χ0) is 20.7. The third-order valence-electron chi connectivity index (χ3n) is 3.48. The molecule has 0 heterocycles. The second-order valence-electron chi connectivity index (χ2n) is 5.30. The molecule has 0 unspecified atom stereocenters. The van der Waals surface area contributed by atoms with Gasteiger partial charge in [0.25, 0.3) is 0 Å². The summed E-state index contributed by atoms with van der Waals surface area (Å²) >= 11 is 0. The minimum Gasteiger partial charge on any atom is -0.493 e. The van der Waals surface area contributed by atoms with Gasteiger partial charge in [-0.3, -0.25) is 4.79 Å². The lowest BCUT2D eigenvalue weighted by Crippen LogP contribution is -2.11. The number of hydrogen-bond donors (Lipinski definition) is 1. The van der Waals surface area contributed by atoms with Gasteiger partial charge in [0.1, 0.15) is 5.82 Å². The van der Waals surface area contributed by atoms with Crippen LogP contribution in [0.2, 0.25) is 0 Å². The number of methoxy groups -OCH3 is 2. The van der Waals surface area contributed by atoms with Crippen molar-refractivity contribution in [2.75, 3.05) is 19.5 Å². The Labute approximate surface area is 158 Å². The predicted molar refractivity (Wildman–Crippen MR) is 95.0 cm³/mol. The van der Waals surface area contributed by atoms with Crippen LogP contribution < -0.4 is 14.8 Å². The number of esters is 1. The summed E-state index contributed by atoms with van der Waals surface area (Å²) in [7, 11) is 2.46. The highest BCUT2D eigenvalue weighted by molar-refractivity contribution is 6.02. The van der Waals surface area contributed by atoms with E-state index in [2.05, 4.69) is 14.8 Å². The third kappa shape index (κ3) is 5.50. The van der Waals surface area contributed by atoms with Gasteiger partial charge in [0.05, 0.1) is 25.5 Å². The second-order valence-corrected chi connectivity index (χ2v) is 5.30. The van der Waals surface area contributed by atoms with Crippen molar-refractivity contribution in [1.29, 1.82) is 0 Å². The number of anilines is 1. The number of hydrogen-bond acceptors (Lipinski definition) is 5. The molecule has 0 spiro atoms. The molecular weight excluding hydrogens is 379 g/mol. The van der Waals surface area contributed by atoms with Gasteiger partial charge in [0, 0.05) is 6.08 Å². The Morgan fingerprint density at radius 1 is 1.07 bits per heavy atom. The predicted octanol–water partition coefficient (Wildman–Crippen LogP) is 3.87. The molecular formula is C19H16F3NO5. The summed E-state index contributed by atoms with van der Waals surface area (Å²) in [5.41, 5.74) is 0.329. The molecule has 0 aliphatic heterocycles. The van der Waals surface area contributed by atoms with Crippen LogP contribution in [0.3, 0.4) is 0 Å². The van der Waals surface area contributed by atoms with Crippen LogP contribution in [0.5, 0.6) is 11.5 Å². The SMILES string of the molecule is COC(=O)c1ccc(F)c(NC(=O)/C=C/c2ccc(OC(F)F)c(OC)c2)c1. The molecule has 1 amide bonds. The summed E-state index contributed by atoms with van der Waals surface area (Å²) in [4.78, 5) is 23.5. The fourth-order valence-corrected chi connectivity index (χ4v) is 2.19. The van der Waals surface area contributed by atoms with Crippen molar-refractivity contribution in [1.82, 2.24) is 0 Å². The minimum absolute atomic E-state index is 0.0553. The van der Waals surface area contributed by atoms with E-state index in [1.165, 1.54) is 44.6 Å². The maximum absolute atomic E-state index is 13.8. The largest absolute Gasteiger partial charge is 0.493 e. The molecule has 0 aromatic heterocycles. The van der Waals surface area contributed by atoms with Gasteiger partial charge >= 0.3 is 12.6 Å². The molecule has 0 atom stereocenters. The highest BCUT2D eigenvalue weighted by atomic mass is 19.3. The molecule has 6 nitrogen and oxygen atoms in total. The summed E-state index contributed by atoms with van der Waals surface area (Å²) in [6.45, 7) is -3.00. The van der Waals surface area contributed by atoms with Crippen molar-refractivity contribution in [3.63, 3.8) is 0 Å². The lowest BCUT2D eigenvalue weighted by Gasteiger charge is -2.10. The summed E-state index contributed by atoms with van der Waals surface area (Å²) in [6, 6.07) is 7.48. The van der Waals surface area contributed by atoms with E-state index in [0.717, 1.165) is 18.2 Å². The number of amides is 1. The van der Waals surface area contributed by atoms with Crippen molar-refractivity contribution in [3.8, 4) is 11.5 Å². The molecule has 0 fully saturated rings. The van der Waals surface area contributed by atoms with E-state index in [9.17, 15) is 22.8 Å². The number of alkyl halides is 2. The van der Waals surface area contributed by atoms with Crippen LogP contribution in [-0.4, -0.2) is 32.7 Å². The number of halogens is 3. The molecule has 148 valence electrons. The van der Waals surface area contributed by atoms with Gasteiger partial charge in [-0.25, -0.2) is 9.18 Å². The normalized spacial score (nSPS) is 10.8. The number of carbonyl (C=O) groups excluding carboxylic acids is 2. The molecule has 0 saturated carbocycles. The van der Waals surface area contributed by atoms with E-state index < -0.39 is 24.3 Å². The summed E-state index contributed by atoms with van der Waals surface area (Å²) in [5, 5.41) is 2.30. The maximum Gasteiger partial charge on any atom is 0.387 e. The number of benzene rings is 2. The summed E-state index contributed by atoms with van der Waals surface area (Å²) < 4.78 is 52.3. The first-order valence-corrected chi connectivity index (χ1v) is 7.83. The Balaban J connectivity index is 2.13. The van der Waals surface area contributed by atoms with Crippen molar-refractivity contribution in [3.05, 3.63) is 59.4 Å². The first-order valence-electron chi connectivity index (χ1n) is 7.83. The number of ether oxygens (including phenoxy) is 3. The standard InChI is InChI=1S/C19H16F3NO5/c1-26-16-9-11(3-7-15(16)28-19(21)22)4-8-17(24)23-14-10-12(18(25)27-2)5-6-13(14)20/h3-10,19H,1-2H3,(H,23,24)/b8-4+. The molecule has 9 heteroatoms. The molecule has 2 aromatic carbocycles. The van der Waals surface area contributed by atoms with Crippen molar-refractivity contribution >= 4 is 23.6 Å². The van der Waals surface area contributed by atoms with Crippen LogP contribution in [0.4, 0.5) is 18.9 Å². The third-order valence-corrected chi connectivity index (χ3v) is 3.48. The lowest BCUT2D eigenvalue weighted by atomic mass is 10.1. The Bertz CT molecular complexity index is 899. The Morgan fingerprint density at radius 3 is 2.46 bits per heavy atom. The number of carbonyl (C=O) groups is 2. The summed E-state index contributed by atoms with van der Waals surface area (Å²) in [5.74, 6) is -2.18. The maximum atomic E-state index is 13.8. The fraction of sp³-hybridized carbons (Fsp3) is 0.158. The topological polar surface area (TPSA) is 73.9 Å². The van der Waals surface area contributed by atoms with Gasteiger partial charge in [-0.05, 0) is 42.0 Å². The van der Waals surface area contributed by atoms with E-state index in [4.69, 9.17) is 4.74 Å². The number of rotatable bonds is 7. The van der Waals surface area contributed by atoms with Crippen LogP contribution in [0, 0.1) is 5.82 Å². The molecule has 0 aliphatic carbocycles. The van der Waals surface area contributed by atoms with Crippen molar-refractivity contribution < 1.29 is 37.0 Å². The zero-order valence-corrected chi connectivity index (χ0v) is 14.9. The molecule has 2 aromatic rings. The Hall–Kier alpha value is -3.49. The van der Waals surface area contributed by atoms with Crippen molar-refractivity contribution in [2.24, 2.45) is 0 Å². The molecule has 28 heavy (non-hydrogen) atoms. The first-order chi connectivity index (χ1) is 13.3. The smallest absolute Gasteiger partial charge is 0.387 e. The molecule has 2 rings (SSSR count). The van der Waals surface area contributed by atoms with Crippen molar-refractivity contribution in [2.45, 2.75) is 6.61 Å². The monoisotopic (exact) mass is 395 g/mol. The second kappa shape index (κ2) is 9.45. The molecule has 0 saturated heterocycles. The van der Waals surface area contributed by atoms with Gasteiger partial charge in [-0.2, -0.15) is 8.78 Å². The Kier molecular flexibility index (Phi) is 7.02. The number of nitrogens with one attached hydrogen (secondary N) is 1. The average molecular weight is 395 g/mol. The molecule has 0 bridgehead atoms. The first kappa shape index (κ1) is 20.8. The average Bonchev–Trinajstić information content (AvgIpc) is 2.67. The van der Waals surface area contributed by atoms with E-state index in [1.807, 2.05) is 0 Å². The lowest BCUT2D eigenvalue weighted by molar-refractivity contribution is -0.111. The molecule has 0 aliphatic rings. The van der Waals surface area contributed by atoms with Gasteiger partial charge < -0.3 is 19.5 Å². The van der Waals surface area contributed by atoms with Gasteiger partial charge in [0.2, 0.25) is 5.91 Å². The molecule has 0 radical (unpaired) electrons. The van der Waals surface area contributed by atoms with Crippen LogP contribution in [0.1, 0.15) is 15.9 Å².